The first-order chi connectivity index (χ1) is 13.5. The molecule has 0 saturated carbocycles. The molecule has 3 N–H and O–H groups in total. The van der Waals surface area contributed by atoms with Gasteiger partial charge in [0.15, 0.2) is 5.03 Å². The van der Waals surface area contributed by atoms with Gasteiger partial charge in [-0.2, -0.15) is 8.42 Å². The highest BCUT2D eigenvalue weighted by molar-refractivity contribution is 7.93. The SMILES string of the molecule is Cc1nc(S(=O)(=O)Nc2cc(S(=O)(=O)Nc3cccc(Cl)c3)ccc2O)cn1C. The normalized spacial score (nSPS) is 12.0. The summed E-state index contributed by atoms with van der Waals surface area (Å²) in [4.78, 5) is 3.67. The summed E-state index contributed by atoms with van der Waals surface area (Å²) >= 11 is 5.86. The summed E-state index contributed by atoms with van der Waals surface area (Å²) in [5.41, 5.74) is -0.0704. The maximum absolute atomic E-state index is 12.6. The number of hydrogen-bond acceptors (Lipinski definition) is 6. The smallest absolute Gasteiger partial charge is 0.281 e. The predicted octanol–water partition coefficient (Wildman–Crippen LogP) is 2.69. The van der Waals surface area contributed by atoms with E-state index in [1.54, 1.807) is 26.1 Å². The van der Waals surface area contributed by atoms with Crippen LogP contribution in [0.1, 0.15) is 5.82 Å². The molecule has 0 bridgehead atoms. The van der Waals surface area contributed by atoms with Crippen LogP contribution in [0.3, 0.4) is 0 Å². The average Bonchev–Trinajstić information content (AvgIpc) is 2.96. The molecular formula is C17H17ClN4O5S2. The van der Waals surface area contributed by atoms with Gasteiger partial charge in [0.25, 0.3) is 20.0 Å². The zero-order chi connectivity index (χ0) is 21.4. The highest BCUT2D eigenvalue weighted by Crippen LogP contribution is 2.29. The lowest BCUT2D eigenvalue weighted by Crippen LogP contribution is -2.16. The van der Waals surface area contributed by atoms with Crippen LogP contribution in [0.25, 0.3) is 0 Å². The van der Waals surface area contributed by atoms with Crippen LogP contribution in [0.4, 0.5) is 11.4 Å². The minimum absolute atomic E-state index is 0.233. The van der Waals surface area contributed by atoms with Crippen molar-refractivity contribution in [3.63, 3.8) is 0 Å². The molecule has 1 aromatic heterocycles. The number of nitrogens with zero attached hydrogens (tertiary/aromatic N) is 2. The lowest BCUT2D eigenvalue weighted by atomic mass is 10.3. The van der Waals surface area contributed by atoms with Gasteiger partial charge in [0.2, 0.25) is 0 Å². The Kier molecular flexibility index (Phi) is 5.48. The summed E-state index contributed by atoms with van der Waals surface area (Å²) in [7, 11) is -6.57. The topological polar surface area (TPSA) is 130 Å². The summed E-state index contributed by atoms with van der Waals surface area (Å²) in [6.45, 7) is 1.63. The maximum Gasteiger partial charge on any atom is 0.281 e. The molecule has 0 aliphatic rings. The number of imidazole rings is 1. The van der Waals surface area contributed by atoms with E-state index in [2.05, 4.69) is 14.4 Å². The largest absolute Gasteiger partial charge is 0.506 e. The monoisotopic (exact) mass is 456 g/mol. The van der Waals surface area contributed by atoms with E-state index in [4.69, 9.17) is 11.6 Å². The standard InChI is InChI=1S/C17H17ClN4O5S2/c1-11-19-17(10-22(11)2)29(26,27)21-15-9-14(6-7-16(15)23)28(24,25)20-13-5-3-4-12(18)8-13/h3-10,20-21,23H,1-2H3. The number of benzene rings is 2. The molecule has 0 radical (unpaired) electrons. The van der Waals surface area contributed by atoms with Crippen LogP contribution >= 0.6 is 11.6 Å². The van der Waals surface area contributed by atoms with Gasteiger partial charge in [-0.05, 0) is 43.3 Å². The second kappa shape index (κ2) is 7.58. The number of nitrogens with one attached hydrogen (secondary N) is 2. The molecule has 0 spiro atoms. The van der Waals surface area contributed by atoms with Crippen LogP contribution in [0.2, 0.25) is 5.02 Å². The third kappa shape index (κ3) is 4.63. The molecule has 0 saturated heterocycles. The number of aryl methyl sites for hydroxylation is 2. The summed E-state index contributed by atoms with van der Waals surface area (Å²) in [5.74, 6) is 0.0274. The van der Waals surface area contributed by atoms with Crippen molar-refractivity contribution in [2.24, 2.45) is 7.05 Å². The Morgan fingerprint density at radius 2 is 1.76 bits per heavy atom. The van der Waals surface area contributed by atoms with Gasteiger partial charge < -0.3 is 9.67 Å². The molecule has 2 aromatic carbocycles. The van der Waals surface area contributed by atoms with Crippen molar-refractivity contribution in [2.75, 3.05) is 9.44 Å². The average molecular weight is 457 g/mol. The fourth-order valence-corrected chi connectivity index (χ4v) is 4.76. The van der Waals surface area contributed by atoms with Gasteiger partial charge in [-0.1, -0.05) is 17.7 Å². The fraction of sp³-hybridized carbons (Fsp3) is 0.118. The van der Waals surface area contributed by atoms with E-state index < -0.39 is 25.8 Å². The van der Waals surface area contributed by atoms with Crippen LogP contribution in [0.15, 0.2) is 58.6 Å². The van der Waals surface area contributed by atoms with Gasteiger partial charge >= 0.3 is 0 Å². The number of aromatic nitrogens is 2. The number of rotatable bonds is 6. The Balaban J connectivity index is 1.93. The zero-order valence-corrected chi connectivity index (χ0v) is 17.7. The molecule has 1 heterocycles. The molecule has 0 amide bonds. The van der Waals surface area contributed by atoms with E-state index in [9.17, 15) is 21.9 Å². The van der Waals surface area contributed by atoms with E-state index in [0.29, 0.717) is 10.8 Å². The highest BCUT2D eigenvalue weighted by Gasteiger charge is 2.22. The Bertz CT molecular complexity index is 1270. The number of aromatic hydroxyl groups is 1. The first-order valence-electron chi connectivity index (χ1n) is 8.12. The van der Waals surface area contributed by atoms with E-state index in [1.807, 2.05) is 0 Å². The van der Waals surface area contributed by atoms with Gasteiger partial charge in [-0.3, -0.25) is 9.44 Å². The van der Waals surface area contributed by atoms with Gasteiger partial charge in [0, 0.05) is 18.3 Å². The molecule has 3 rings (SSSR count). The molecule has 0 atom stereocenters. The third-order valence-electron chi connectivity index (χ3n) is 3.96. The van der Waals surface area contributed by atoms with Crippen molar-refractivity contribution in [1.82, 2.24) is 9.55 Å². The summed E-state index contributed by atoms with van der Waals surface area (Å²) < 4.78 is 56.3. The maximum atomic E-state index is 12.6. The molecule has 9 nitrogen and oxygen atoms in total. The van der Waals surface area contributed by atoms with Crippen LogP contribution in [0, 0.1) is 6.92 Å². The Morgan fingerprint density at radius 1 is 1.03 bits per heavy atom. The van der Waals surface area contributed by atoms with Crippen molar-refractivity contribution >= 4 is 43.0 Å². The number of anilines is 2. The molecule has 0 fully saturated rings. The molecule has 29 heavy (non-hydrogen) atoms. The molecule has 0 aliphatic heterocycles. The number of hydrogen-bond donors (Lipinski definition) is 3. The molecule has 0 unspecified atom stereocenters. The summed E-state index contributed by atoms with van der Waals surface area (Å²) in [5, 5.41) is 10.1. The summed E-state index contributed by atoms with van der Waals surface area (Å²) in [6, 6.07) is 9.33. The Labute approximate surface area is 173 Å². The van der Waals surface area contributed by atoms with Crippen LogP contribution in [-0.2, 0) is 27.1 Å². The molecule has 12 heteroatoms. The van der Waals surface area contributed by atoms with Crippen molar-refractivity contribution in [1.29, 1.82) is 0 Å². The van der Waals surface area contributed by atoms with Gasteiger partial charge in [0.05, 0.1) is 16.3 Å². The van der Waals surface area contributed by atoms with Crippen molar-refractivity contribution in [2.45, 2.75) is 16.8 Å². The second-order valence-electron chi connectivity index (χ2n) is 6.14. The first kappa shape index (κ1) is 21.0. The molecule has 154 valence electrons. The predicted molar refractivity (Wildman–Crippen MR) is 109 cm³/mol. The molecule has 0 aliphatic carbocycles. The number of halogens is 1. The van der Waals surface area contributed by atoms with E-state index in [1.165, 1.54) is 22.9 Å². The van der Waals surface area contributed by atoms with E-state index in [-0.39, 0.29) is 21.3 Å². The third-order valence-corrected chi connectivity index (χ3v) is 6.81. The first-order valence-corrected chi connectivity index (χ1v) is 11.5. The Morgan fingerprint density at radius 3 is 2.38 bits per heavy atom. The second-order valence-corrected chi connectivity index (χ2v) is 9.89. The van der Waals surface area contributed by atoms with Crippen molar-refractivity contribution < 1.29 is 21.9 Å². The fourth-order valence-electron chi connectivity index (χ4n) is 2.38. The van der Waals surface area contributed by atoms with Crippen LogP contribution in [-0.4, -0.2) is 31.5 Å². The lowest BCUT2D eigenvalue weighted by molar-refractivity contribution is 0.477. The number of phenols is 1. The van der Waals surface area contributed by atoms with E-state index in [0.717, 1.165) is 18.2 Å². The number of sulfonamides is 2. The summed E-state index contributed by atoms with van der Waals surface area (Å²) in [6.07, 6.45) is 1.30. The minimum atomic E-state index is -4.14. The quantitative estimate of drug-likeness (QED) is 0.489. The molecular weight excluding hydrogens is 440 g/mol. The van der Waals surface area contributed by atoms with Crippen LogP contribution < -0.4 is 9.44 Å². The van der Waals surface area contributed by atoms with Gasteiger partial charge in [-0.15, -0.1) is 0 Å². The minimum Gasteiger partial charge on any atom is -0.506 e. The Hall–Kier alpha value is -2.76. The van der Waals surface area contributed by atoms with Crippen molar-refractivity contribution in [3.8, 4) is 5.75 Å². The van der Waals surface area contributed by atoms with Gasteiger partial charge in [0.1, 0.15) is 11.6 Å². The van der Waals surface area contributed by atoms with Gasteiger partial charge in [-0.25, -0.2) is 13.4 Å². The van der Waals surface area contributed by atoms with Crippen molar-refractivity contribution in [3.05, 3.63) is 59.5 Å². The number of phenolic OH excluding ortho intramolecular Hbond substituents is 1. The molecule has 3 aromatic rings. The van der Waals surface area contributed by atoms with E-state index >= 15 is 0 Å². The lowest BCUT2D eigenvalue weighted by Gasteiger charge is -2.12. The zero-order valence-electron chi connectivity index (χ0n) is 15.3. The highest BCUT2D eigenvalue weighted by atomic mass is 35.5. The van der Waals surface area contributed by atoms with Crippen LogP contribution in [0.5, 0.6) is 5.75 Å².